The van der Waals surface area contributed by atoms with Crippen molar-refractivity contribution in [1.29, 1.82) is 0 Å². The second kappa shape index (κ2) is 9.83. The lowest BCUT2D eigenvalue weighted by atomic mass is 9.91. The van der Waals surface area contributed by atoms with E-state index in [4.69, 9.17) is 10.7 Å². The second-order valence-corrected chi connectivity index (χ2v) is 7.68. The molecule has 5 nitrogen and oxygen atoms in total. The lowest BCUT2D eigenvalue weighted by Crippen LogP contribution is -2.55. The molecule has 0 amide bonds. The monoisotopic (exact) mass is 367 g/mol. The lowest BCUT2D eigenvalue weighted by Gasteiger charge is -2.39. The van der Waals surface area contributed by atoms with Gasteiger partial charge in [0.05, 0.1) is 11.7 Å². The number of fused-ring (bicyclic) bond motifs is 1. The second-order valence-electron chi connectivity index (χ2n) is 7.68. The zero-order chi connectivity index (χ0) is 19.1. The van der Waals surface area contributed by atoms with E-state index in [0.29, 0.717) is 12.1 Å². The quantitative estimate of drug-likeness (QED) is 0.724. The van der Waals surface area contributed by atoms with Gasteiger partial charge >= 0.3 is 0 Å². The molecule has 0 radical (unpaired) electrons. The van der Waals surface area contributed by atoms with E-state index in [1.54, 1.807) is 6.20 Å². The number of hydrogen-bond donors (Lipinski definition) is 2. The van der Waals surface area contributed by atoms with Gasteiger partial charge < -0.3 is 11.1 Å². The maximum Gasteiger partial charge on any atom is 0.0607 e. The first-order chi connectivity index (χ1) is 13.2. The molecular formula is C22H33N5. The Morgan fingerprint density at radius 1 is 1.48 bits per heavy atom. The van der Waals surface area contributed by atoms with Crippen LogP contribution in [0.4, 0.5) is 0 Å². The van der Waals surface area contributed by atoms with E-state index in [9.17, 15) is 0 Å². The minimum absolute atomic E-state index is 0.438. The van der Waals surface area contributed by atoms with E-state index in [0.717, 1.165) is 44.7 Å². The van der Waals surface area contributed by atoms with Gasteiger partial charge in [-0.15, -0.1) is 0 Å². The van der Waals surface area contributed by atoms with Crippen LogP contribution in [0.3, 0.4) is 0 Å². The van der Waals surface area contributed by atoms with Crippen LogP contribution < -0.4 is 11.1 Å². The summed E-state index contributed by atoms with van der Waals surface area (Å²) in [5, 5.41) is 3.69. The molecule has 0 spiro atoms. The summed E-state index contributed by atoms with van der Waals surface area (Å²) in [5.41, 5.74) is 9.19. The van der Waals surface area contributed by atoms with Crippen LogP contribution in [0.1, 0.15) is 30.1 Å². The number of piperazine rings is 1. The van der Waals surface area contributed by atoms with E-state index in [-0.39, 0.29) is 0 Å². The van der Waals surface area contributed by atoms with Crippen LogP contribution in [0.25, 0.3) is 0 Å². The maximum atomic E-state index is 5.37. The lowest BCUT2D eigenvalue weighted by molar-refractivity contribution is 0.147. The molecule has 2 aliphatic rings. The van der Waals surface area contributed by atoms with Crippen molar-refractivity contribution in [3.05, 3.63) is 66.2 Å². The van der Waals surface area contributed by atoms with E-state index in [1.807, 2.05) is 24.4 Å². The van der Waals surface area contributed by atoms with Crippen LogP contribution in [0.5, 0.6) is 0 Å². The molecular weight excluding hydrogens is 334 g/mol. The average molecular weight is 368 g/mol. The molecule has 1 aromatic heterocycles. The minimum Gasteiger partial charge on any atom is -0.405 e. The molecule has 0 bridgehead atoms. The van der Waals surface area contributed by atoms with Gasteiger partial charge in [-0.05, 0) is 55.8 Å². The molecule has 2 unspecified atom stereocenters. The smallest absolute Gasteiger partial charge is 0.0607 e. The molecule has 3 rings (SSSR count). The summed E-state index contributed by atoms with van der Waals surface area (Å²) in [6.07, 6.45) is 12.9. The molecule has 1 aliphatic heterocycles. The van der Waals surface area contributed by atoms with Gasteiger partial charge in [0.15, 0.2) is 0 Å². The van der Waals surface area contributed by atoms with E-state index in [2.05, 4.69) is 40.9 Å². The number of nitrogens with zero attached hydrogens (tertiary/aromatic N) is 3. The van der Waals surface area contributed by atoms with Crippen molar-refractivity contribution in [2.45, 2.75) is 31.3 Å². The Morgan fingerprint density at radius 2 is 2.37 bits per heavy atom. The van der Waals surface area contributed by atoms with Gasteiger partial charge in [-0.2, -0.15) is 0 Å². The first kappa shape index (κ1) is 19.8. The SMILES string of the molecule is C=C(/C=C\C=C/N)CN1CCNC(CN(C)C2CCCc3cccnc32)C1. The summed E-state index contributed by atoms with van der Waals surface area (Å²) >= 11 is 0. The highest BCUT2D eigenvalue weighted by molar-refractivity contribution is 5.25. The predicted molar refractivity (Wildman–Crippen MR) is 112 cm³/mol. The molecule has 0 aromatic carbocycles. The van der Waals surface area contributed by atoms with Gasteiger partial charge in [0.2, 0.25) is 0 Å². The van der Waals surface area contributed by atoms with Crippen molar-refractivity contribution in [2.75, 3.05) is 39.8 Å². The summed E-state index contributed by atoms with van der Waals surface area (Å²) in [6, 6.07) is 5.21. The molecule has 1 aromatic rings. The molecule has 2 heterocycles. The zero-order valence-electron chi connectivity index (χ0n) is 16.5. The van der Waals surface area contributed by atoms with Crippen LogP contribution in [0, 0.1) is 0 Å². The number of likely N-dealkylation sites (N-methyl/N-ethyl adjacent to an activating group) is 1. The third kappa shape index (κ3) is 5.51. The van der Waals surface area contributed by atoms with Crippen molar-refractivity contribution in [1.82, 2.24) is 20.1 Å². The molecule has 2 atom stereocenters. The molecule has 146 valence electrons. The summed E-state index contributed by atoms with van der Waals surface area (Å²) in [4.78, 5) is 9.68. The minimum atomic E-state index is 0.438. The number of nitrogens with two attached hydrogens (primary N) is 1. The molecule has 1 saturated heterocycles. The Balaban J connectivity index is 1.54. The van der Waals surface area contributed by atoms with Gasteiger partial charge in [0.1, 0.15) is 0 Å². The van der Waals surface area contributed by atoms with Gasteiger partial charge in [-0.25, -0.2) is 0 Å². The molecule has 27 heavy (non-hydrogen) atoms. The Morgan fingerprint density at radius 3 is 3.22 bits per heavy atom. The summed E-state index contributed by atoms with van der Waals surface area (Å²) in [7, 11) is 2.25. The summed E-state index contributed by atoms with van der Waals surface area (Å²) in [6.45, 7) is 9.24. The molecule has 3 N–H and O–H groups in total. The fourth-order valence-corrected chi connectivity index (χ4v) is 4.24. The van der Waals surface area contributed by atoms with Gasteiger partial charge in [-0.3, -0.25) is 14.8 Å². The number of pyridine rings is 1. The molecule has 5 heteroatoms. The van der Waals surface area contributed by atoms with E-state index < -0.39 is 0 Å². The molecule has 0 saturated carbocycles. The Hall–Kier alpha value is -1.95. The Labute approximate surface area is 163 Å². The zero-order valence-corrected chi connectivity index (χ0v) is 16.5. The number of aromatic nitrogens is 1. The van der Waals surface area contributed by atoms with Crippen molar-refractivity contribution in [2.24, 2.45) is 5.73 Å². The number of hydrogen-bond acceptors (Lipinski definition) is 5. The van der Waals surface area contributed by atoms with Crippen molar-refractivity contribution in [3.63, 3.8) is 0 Å². The normalized spacial score (nSPS) is 23.9. The number of nitrogens with one attached hydrogen (secondary N) is 1. The average Bonchev–Trinajstić information content (AvgIpc) is 2.68. The van der Waals surface area contributed by atoms with Crippen LogP contribution in [0.2, 0.25) is 0 Å². The topological polar surface area (TPSA) is 57.4 Å². The summed E-state index contributed by atoms with van der Waals surface area (Å²) in [5.74, 6) is 0. The third-order valence-electron chi connectivity index (χ3n) is 5.53. The molecule has 1 aliphatic carbocycles. The van der Waals surface area contributed by atoms with Crippen molar-refractivity contribution >= 4 is 0 Å². The van der Waals surface area contributed by atoms with E-state index in [1.165, 1.54) is 24.1 Å². The van der Waals surface area contributed by atoms with Crippen LogP contribution >= 0.6 is 0 Å². The molecule has 1 fully saturated rings. The van der Waals surface area contributed by atoms with Gasteiger partial charge in [0, 0.05) is 45.0 Å². The number of allylic oxidation sites excluding steroid dienone is 2. The largest absolute Gasteiger partial charge is 0.405 e. The highest BCUT2D eigenvalue weighted by atomic mass is 15.2. The van der Waals surface area contributed by atoms with Crippen LogP contribution in [0.15, 0.2) is 54.9 Å². The first-order valence-electron chi connectivity index (χ1n) is 10.00. The Kier molecular flexibility index (Phi) is 7.21. The predicted octanol–water partition coefficient (Wildman–Crippen LogP) is 2.25. The first-order valence-corrected chi connectivity index (χ1v) is 10.00. The number of rotatable bonds is 7. The van der Waals surface area contributed by atoms with Crippen LogP contribution in [-0.2, 0) is 6.42 Å². The number of aryl methyl sites for hydroxylation is 1. The highest BCUT2D eigenvalue weighted by Crippen LogP contribution is 2.31. The third-order valence-corrected chi connectivity index (χ3v) is 5.53. The fourth-order valence-electron chi connectivity index (χ4n) is 4.24. The standard InChI is InChI=1S/C22H33N5/c1-18(7-3-4-11-23)15-27-14-13-24-20(17-27)16-26(2)21-10-5-8-19-9-6-12-25-22(19)21/h3-4,6-7,9,11-12,20-21,24H,1,5,8,10,13-17,23H2,2H3/b7-3-,11-4-. The maximum absolute atomic E-state index is 5.37. The van der Waals surface area contributed by atoms with E-state index >= 15 is 0 Å². The fraction of sp³-hybridized carbons (Fsp3) is 0.500. The van der Waals surface area contributed by atoms with Gasteiger partial charge in [-0.1, -0.05) is 24.8 Å². The highest BCUT2D eigenvalue weighted by Gasteiger charge is 2.28. The summed E-state index contributed by atoms with van der Waals surface area (Å²) < 4.78 is 0. The van der Waals surface area contributed by atoms with Gasteiger partial charge in [0.25, 0.3) is 0 Å². The van der Waals surface area contributed by atoms with Crippen molar-refractivity contribution in [3.8, 4) is 0 Å². The van der Waals surface area contributed by atoms with Crippen molar-refractivity contribution < 1.29 is 0 Å². The van der Waals surface area contributed by atoms with Crippen LogP contribution in [-0.4, -0.2) is 60.6 Å². The Bertz CT molecular complexity index is 681.